The third kappa shape index (κ3) is 3.97. The second-order valence-electron chi connectivity index (χ2n) is 7.26. The van der Waals surface area contributed by atoms with Crippen molar-refractivity contribution in [3.63, 3.8) is 0 Å². The van der Waals surface area contributed by atoms with Crippen molar-refractivity contribution < 1.29 is 35.9 Å². The second kappa shape index (κ2) is 7.26. The van der Waals surface area contributed by atoms with Gasteiger partial charge in [0, 0.05) is 19.6 Å². The molecule has 0 spiro atoms. The van der Waals surface area contributed by atoms with Gasteiger partial charge in [-0.15, -0.1) is 0 Å². The molecule has 4 rings (SSSR count). The number of carbonyl (C=O) groups is 2. The summed E-state index contributed by atoms with van der Waals surface area (Å²) < 4.78 is 79.1. The van der Waals surface area contributed by atoms with Crippen LogP contribution in [0, 0.1) is 0 Å². The number of amides is 2. The van der Waals surface area contributed by atoms with Crippen molar-refractivity contribution in [2.24, 2.45) is 0 Å². The van der Waals surface area contributed by atoms with E-state index in [2.05, 4.69) is 10.6 Å². The van der Waals surface area contributed by atoms with E-state index in [4.69, 9.17) is 0 Å². The van der Waals surface area contributed by atoms with Crippen LogP contribution in [0.15, 0.2) is 36.4 Å². The van der Waals surface area contributed by atoms with E-state index in [-0.39, 0.29) is 41.5 Å². The molecular formula is C20H15F6N3O2. The van der Waals surface area contributed by atoms with E-state index in [0.29, 0.717) is 18.7 Å². The Labute approximate surface area is 172 Å². The van der Waals surface area contributed by atoms with E-state index in [9.17, 15) is 35.9 Å². The first kappa shape index (κ1) is 21.2. The van der Waals surface area contributed by atoms with Crippen molar-refractivity contribution in [2.45, 2.75) is 18.4 Å². The summed E-state index contributed by atoms with van der Waals surface area (Å²) in [5, 5.41) is 5.60. The van der Waals surface area contributed by atoms with E-state index in [1.54, 1.807) is 0 Å². The number of rotatable bonds is 1. The van der Waals surface area contributed by atoms with Gasteiger partial charge in [0.15, 0.2) is 0 Å². The number of carbonyl (C=O) groups excluding carboxylic acids is 2. The van der Waals surface area contributed by atoms with Crippen LogP contribution in [0.3, 0.4) is 0 Å². The molecule has 164 valence electrons. The van der Waals surface area contributed by atoms with Crippen molar-refractivity contribution in [2.75, 3.05) is 25.0 Å². The fourth-order valence-corrected chi connectivity index (χ4v) is 3.68. The Kier molecular flexibility index (Phi) is 4.95. The maximum atomic E-state index is 13.2. The van der Waals surface area contributed by atoms with Crippen LogP contribution in [-0.4, -0.2) is 42.4 Å². The molecule has 0 aromatic heterocycles. The van der Waals surface area contributed by atoms with Crippen LogP contribution >= 0.6 is 0 Å². The molecule has 1 unspecified atom stereocenters. The molecule has 1 atom stereocenters. The van der Waals surface area contributed by atoms with E-state index in [1.165, 1.54) is 23.1 Å². The summed E-state index contributed by atoms with van der Waals surface area (Å²) >= 11 is 0. The van der Waals surface area contributed by atoms with Crippen molar-refractivity contribution in [3.05, 3.63) is 53.1 Å². The molecule has 1 saturated heterocycles. The lowest BCUT2D eigenvalue weighted by atomic mass is 9.96. The minimum Gasteiger partial charge on any atom is -0.324 e. The number of benzene rings is 2. The lowest BCUT2D eigenvalue weighted by molar-refractivity contribution is -0.143. The minimum atomic E-state index is -4.99. The van der Waals surface area contributed by atoms with Gasteiger partial charge >= 0.3 is 12.4 Å². The predicted molar refractivity (Wildman–Crippen MR) is 98.2 cm³/mol. The van der Waals surface area contributed by atoms with Gasteiger partial charge in [-0.2, -0.15) is 26.3 Å². The molecule has 2 N–H and O–H groups in total. The summed E-state index contributed by atoms with van der Waals surface area (Å²) in [6, 6.07) is 4.27. The molecule has 11 heteroatoms. The Bertz CT molecular complexity index is 1030. The van der Waals surface area contributed by atoms with Crippen LogP contribution in [0.25, 0.3) is 11.1 Å². The zero-order valence-corrected chi connectivity index (χ0v) is 15.7. The van der Waals surface area contributed by atoms with Crippen LogP contribution in [0.2, 0.25) is 0 Å². The molecule has 2 heterocycles. The Morgan fingerprint density at radius 1 is 0.871 bits per heavy atom. The highest BCUT2D eigenvalue weighted by atomic mass is 19.4. The monoisotopic (exact) mass is 443 g/mol. The van der Waals surface area contributed by atoms with Crippen molar-refractivity contribution in [3.8, 4) is 11.1 Å². The van der Waals surface area contributed by atoms with Gasteiger partial charge in [-0.25, -0.2) is 0 Å². The largest absolute Gasteiger partial charge is 0.416 e. The molecule has 2 aromatic carbocycles. The number of hydrogen-bond donors (Lipinski definition) is 2. The molecule has 0 radical (unpaired) electrons. The Hall–Kier alpha value is -3.08. The van der Waals surface area contributed by atoms with Crippen LogP contribution in [0.5, 0.6) is 0 Å². The summed E-state index contributed by atoms with van der Waals surface area (Å²) in [6.07, 6.45) is -9.97. The van der Waals surface area contributed by atoms with Gasteiger partial charge in [0.05, 0.1) is 22.4 Å². The molecule has 2 amide bonds. The number of nitrogens with zero attached hydrogens (tertiary/aromatic N) is 1. The first-order chi connectivity index (χ1) is 14.4. The smallest absolute Gasteiger partial charge is 0.324 e. The number of alkyl halides is 6. The zero-order chi connectivity index (χ0) is 22.6. The van der Waals surface area contributed by atoms with E-state index < -0.39 is 41.3 Å². The summed E-state index contributed by atoms with van der Waals surface area (Å²) in [7, 11) is 0. The Morgan fingerprint density at radius 2 is 1.52 bits per heavy atom. The SMILES string of the molecule is O=C1Nc2ccc(-c3cc(C(F)(F)F)cc(C(F)(F)F)c3)cc2C(=O)N2CCNCC12. The molecule has 0 bridgehead atoms. The third-order valence-corrected chi connectivity index (χ3v) is 5.24. The molecule has 5 nitrogen and oxygen atoms in total. The Balaban J connectivity index is 1.83. The van der Waals surface area contributed by atoms with Crippen molar-refractivity contribution in [1.82, 2.24) is 10.2 Å². The van der Waals surface area contributed by atoms with Crippen molar-refractivity contribution >= 4 is 17.5 Å². The highest BCUT2D eigenvalue weighted by Crippen LogP contribution is 2.39. The fourth-order valence-electron chi connectivity index (χ4n) is 3.68. The van der Waals surface area contributed by atoms with Gasteiger partial charge in [0.2, 0.25) is 5.91 Å². The summed E-state index contributed by atoms with van der Waals surface area (Å²) in [5.74, 6) is -0.949. The van der Waals surface area contributed by atoms with E-state index in [0.717, 1.165) is 0 Å². The van der Waals surface area contributed by atoms with Crippen LogP contribution in [-0.2, 0) is 17.1 Å². The quantitative estimate of drug-likeness (QED) is 0.660. The first-order valence-electron chi connectivity index (χ1n) is 9.21. The van der Waals surface area contributed by atoms with E-state index >= 15 is 0 Å². The third-order valence-electron chi connectivity index (χ3n) is 5.24. The highest BCUT2D eigenvalue weighted by Gasteiger charge is 2.38. The molecule has 2 aliphatic rings. The summed E-state index contributed by atoms with van der Waals surface area (Å²) in [4.78, 5) is 26.8. The molecule has 0 saturated carbocycles. The number of anilines is 1. The number of halogens is 6. The highest BCUT2D eigenvalue weighted by molar-refractivity contribution is 6.10. The maximum absolute atomic E-state index is 13.2. The average molecular weight is 443 g/mol. The molecular weight excluding hydrogens is 428 g/mol. The second-order valence-corrected chi connectivity index (χ2v) is 7.26. The lowest BCUT2D eigenvalue weighted by Crippen LogP contribution is -2.57. The van der Waals surface area contributed by atoms with Gasteiger partial charge in [0.25, 0.3) is 5.91 Å². The van der Waals surface area contributed by atoms with Crippen LogP contribution in [0.1, 0.15) is 21.5 Å². The van der Waals surface area contributed by atoms with Gasteiger partial charge in [0.1, 0.15) is 6.04 Å². The normalized spacial score (nSPS) is 19.4. The summed E-state index contributed by atoms with van der Waals surface area (Å²) in [5.41, 5.74) is -3.10. The van der Waals surface area contributed by atoms with Crippen LogP contribution in [0.4, 0.5) is 32.0 Å². The zero-order valence-electron chi connectivity index (χ0n) is 15.7. The number of hydrogen-bond acceptors (Lipinski definition) is 3. The summed E-state index contributed by atoms with van der Waals surface area (Å²) in [6.45, 7) is 0.927. The van der Waals surface area contributed by atoms with Crippen LogP contribution < -0.4 is 10.6 Å². The Morgan fingerprint density at radius 3 is 2.13 bits per heavy atom. The molecule has 0 aliphatic carbocycles. The lowest BCUT2D eigenvalue weighted by Gasteiger charge is -2.33. The maximum Gasteiger partial charge on any atom is 0.416 e. The van der Waals surface area contributed by atoms with Gasteiger partial charge in [-0.3, -0.25) is 9.59 Å². The topological polar surface area (TPSA) is 61.4 Å². The fraction of sp³-hybridized carbons (Fsp3) is 0.300. The molecule has 31 heavy (non-hydrogen) atoms. The van der Waals surface area contributed by atoms with Gasteiger partial charge in [-0.05, 0) is 41.5 Å². The van der Waals surface area contributed by atoms with Crippen molar-refractivity contribution in [1.29, 1.82) is 0 Å². The molecule has 1 fully saturated rings. The molecule has 2 aromatic rings. The standard InChI is InChI=1S/C20H15F6N3O2/c21-19(22,23)12-5-11(6-13(8-12)20(24,25)26)10-1-2-15-14(7-10)18(31)29-4-3-27-9-16(29)17(30)28-15/h1-2,5-8,16,27H,3-4,9H2,(H,28,30). The predicted octanol–water partition coefficient (Wildman–Crippen LogP) is 3.76. The van der Waals surface area contributed by atoms with E-state index in [1.807, 2.05) is 0 Å². The average Bonchev–Trinajstić information content (AvgIpc) is 2.81. The number of nitrogens with one attached hydrogen (secondary N) is 2. The number of piperazine rings is 1. The first-order valence-corrected chi connectivity index (χ1v) is 9.21. The van der Waals surface area contributed by atoms with Gasteiger partial charge in [-0.1, -0.05) is 6.07 Å². The minimum absolute atomic E-state index is 0.00113. The van der Waals surface area contributed by atoms with Gasteiger partial charge < -0.3 is 15.5 Å². The molecule has 2 aliphatic heterocycles. The number of fused-ring (bicyclic) bond motifs is 2.